The first-order valence-electron chi connectivity index (χ1n) is 22.6. The second-order valence-electron chi connectivity index (χ2n) is 17.2. The lowest BCUT2D eigenvalue weighted by Crippen LogP contribution is -2.11. The summed E-state index contributed by atoms with van der Waals surface area (Å²) in [6, 6.07) is 72.2. The van der Waals surface area contributed by atoms with Crippen molar-refractivity contribution < 1.29 is 0 Å². The first-order valence-corrected chi connectivity index (χ1v) is 22.6. The summed E-state index contributed by atoms with van der Waals surface area (Å²) in [4.78, 5) is 2.43. The lowest BCUT2D eigenvalue weighted by molar-refractivity contribution is 0.649. The van der Waals surface area contributed by atoms with Crippen LogP contribution in [0.1, 0.15) is 30.4 Å². The molecule has 2 atom stereocenters. The average Bonchev–Trinajstić information content (AvgIpc) is 3.73. The molecule has 0 bridgehead atoms. The summed E-state index contributed by atoms with van der Waals surface area (Å²) in [5, 5.41) is 7.65. The first-order chi connectivity index (χ1) is 31.7. The largest absolute Gasteiger partial charge is 0.333 e. The van der Waals surface area contributed by atoms with Crippen molar-refractivity contribution in [1.82, 2.24) is 4.57 Å². The molecule has 1 aromatic heterocycles. The summed E-state index contributed by atoms with van der Waals surface area (Å²) in [5.41, 5.74) is 14.6. The van der Waals surface area contributed by atoms with Gasteiger partial charge in [-0.25, -0.2) is 0 Å². The van der Waals surface area contributed by atoms with Gasteiger partial charge >= 0.3 is 0 Å². The Hall–Kier alpha value is -7.94. The molecule has 64 heavy (non-hydrogen) atoms. The highest BCUT2D eigenvalue weighted by atomic mass is 15.1. The van der Waals surface area contributed by atoms with Crippen molar-refractivity contribution in [3.8, 4) is 33.4 Å². The molecule has 0 radical (unpaired) electrons. The van der Waals surface area contributed by atoms with E-state index in [1.54, 1.807) is 0 Å². The van der Waals surface area contributed by atoms with Crippen LogP contribution in [0.2, 0.25) is 0 Å². The van der Waals surface area contributed by atoms with E-state index < -0.39 is 0 Å². The number of anilines is 3. The molecule has 0 N–H and O–H groups in total. The molecule has 0 saturated heterocycles. The molecule has 0 fully saturated rings. The number of fused-ring (bicyclic) bond motifs is 6. The van der Waals surface area contributed by atoms with Crippen molar-refractivity contribution in [2.75, 3.05) is 4.90 Å². The highest BCUT2D eigenvalue weighted by molar-refractivity contribution is 6.23. The molecule has 0 amide bonds. The van der Waals surface area contributed by atoms with E-state index in [4.69, 9.17) is 0 Å². The average molecular weight is 819 g/mol. The van der Waals surface area contributed by atoms with Crippen molar-refractivity contribution in [1.29, 1.82) is 0 Å². The summed E-state index contributed by atoms with van der Waals surface area (Å²) in [6.45, 7) is 0. The van der Waals surface area contributed by atoms with Gasteiger partial charge in [0.25, 0.3) is 0 Å². The van der Waals surface area contributed by atoms with Crippen molar-refractivity contribution in [2.45, 2.75) is 24.8 Å². The summed E-state index contributed by atoms with van der Waals surface area (Å²) >= 11 is 0. The van der Waals surface area contributed by atoms with Gasteiger partial charge in [0.1, 0.15) is 0 Å². The van der Waals surface area contributed by atoms with E-state index in [2.05, 4.69) is 252 Å². The van der Waals surface area contributed by atoms with Gasteiger partial charge in [-0.2, -0.15) is 0 Å². The number of allylic oxidation sites excluding steroid dienone is 8. The first kappa shape index (κ1) is 37.8. The van der Waals surface area contributed by atoms with Gasteiger partial charge in [0.2, 0.25) is 0 Å². The van der Waals surface area contributed by atoms with Crippen LogP contribution in [0.5, 0.6) is 0 Å². The Bertz CT molecular complexity index is 3500. The Morgan fingerprint density at radius 3 is 1.83 bits per heavy atom. The molecule has 1 heterocycles. The fourth-order valence-corrected chi connectivity index (χ4v) is 10.3. The Kier molecular flexibility index (Phi) is 9.49. The van der Waals surface area contributed by atoms with Crippen LogP contribution in [-0.2, 0) is 0 Å². The SMILES string of the molecule is C1=CCC(c2cccc(N(c3ccc(-c4ccc(-c5cccc6ccccc56)cc4)cc3)c3cccc(-c4cc5ccccc5c5c4c4ccccc4n5C4C=CC=CC4)c3)c2)C=C1. The molecule has 0 saturated carbocycles. The zero-order valence-corrected chi connectivity index (χ0v) is 35.6. The third-order valence-electron chi connectivity index (χ3n) is 13.4. The lowest BCUT2D eigenvalue weighted by atomic mass is 9.92. The number of para-hydroxylation sites is 1. The van der Waals surface area contributed by atoms with Gasteiger partial charge in [0.05, 0.1) is 11.6 Å². The molecule has 9 aromatic carbocycles. The minimum Gasteiger partial charge on any atom is -0.333 e. The Morgan fingerprint density at radius 1 is 0.406 bits per heavy atom. The highest BCUT2D eigenvalue weighted by Gasteiger charge is 2.23. The van der Waals surface area contributed by atoms with E-state index >= 15 is 0 Å². The number of benzene rings is 9. The number of aromatic nitrogens is 1. The fourth-order valence-electron chi connectivity index (χ4n) is 10.3. The van der Waals surface area contributed by atoms with E-state index in [9.17, 15) is 0 Å². The highest BCUT2D eigenvalue weighted by Crippen LogP contribution is 2.46. The zero-order chi connectivity index (χ0) is 42.4. The summed E-state index contributed by atoms with van der Waals surface area (Å²) in [7, 11) is 0. The molecule has 10 aromatic rings. The quantitative estimate of drug-likeness (QED) is 0.148. The molecule has 2 unspecified atom stereocenters. The van der Waals surface area contributed by atoms with Crippen LogP contribution in [0.4, 0.5) is 17.1 Å². The maximum Gasteiger partial charge on any atom is 0.0583 e. The molecule has 2 aliphatic carbocycles. The Morgan fingerprint density at radius 2 is 1.05 bits per heavy atom. The maximum absolute atomic E-state index is 2.59. The lowest BCUT2D eigenvalue weighted by Gasteiger charge is -2.27. The van der Waals surface area contributed by atoms with Crippen LogP contribution in [0.15, 0.2) is 243 Å². The topological polar surface area (TPSA) is 8.17 Å². The van der Waals surface area contributed by atoms with E-state index in [1.807, 2.05) is 0 Å². The normalized spacial score (nSPS) is 15.8. The Balaban J connectivity index is 0.983. The van der Waals surface area contributed by atoms with Crippen LogP contribution in [0.3, 0.4) is 0 Å². The second kappa shape index (κ2) is 16.1. The predicted octanol–water partition coefficient (Wildman–Crippen LogP) is 17.2. The standard InChI is InChI=1S/C62H46N2/c1-3-16-43(17-4-1)48-21-13-25-53(40-48)63(52-38-36-45(37-39-52)44-32-34-47(35-33-44)56-30-15-20-46-18-7-9-27-55(46)56)54-26-14-22-49(41-54)59-42-50-19-8-10-28-57(50)62-61(59)58-29-11-12-31-60(58)64(62)51-23-5-2-6-24-51/h1-16,18-23,25-43,51H,17,24H2. The van der Waals surface area contributed by atoms with E-state index in [-0.39, 0.29) is 6.04 Å². The van der Waals surface area contributed by atoms with E-state index in [0.29, 0.717) is 5.92 Å². The van der Waals surface area contributed by atoms with Gasteiger partial charge in [0.15, 0.2) is 0 Å². The number of hydrogen-bond acceptors (Lipinski definition) is 1. The van der Waals surface area contributed by atoms with Gasteiger partial charge in [-0.05, 0) is 116 Å². The number of rotatable bonds is 8. The number of hydrogen-bond donors (Lipinski definition) is 0. The summed E-state index contributed by atoms with van der Waals surface area (Å²) in [6.07, 6.45) is 19.9. The van der Waals surface area contributed by atoms with Gasteiger partial charge in [-0.15, -0.1) is 0 Å². The van der Waals surface area contributed by atoms with Crippen molar-refractivity contribution in [3.63, 3.8) is 0 Å². The third kappa shape index (κ3) is 6.67. The minimum atomic E-state index is 0.236. The van der Waals surface area contributed by atoms with Crippen LogP contribution in [0.25, 0.3) is 76.7 Å². The van der Waals surface area contributed by atoms with Crippen LogP contribution < -0.4 is 4.90 Å². The van der Waals surface area contributed by atoms with Gasteiger partial charge < -0.3 is 9.47 Å². The molecule has 0 aliphatic heterocycles. The smallest absolute Gasteiger partial charge is 0.0583 e. The molecular weight excluding hydrogens is 773 g/mol. The monoisotopic (exact) mass is 818 g/mol. The van der Waals surface area contributed by atoms with Gasteiger partial charge in [-0.3, -0.25) is 0 Å². The van der Waals surface area contributed by atoms with Gasteiger partial charge in [-0.1, -0.05) is 194 Å². The number of nitrogens with zero attached hydrogens (tertiary/aromatic N) is 2. The van der Waals surface area contributed by atoms with E-state index in [1.165, 1.54) is 82.3 Å². The maximum atomic E-state index is 2.59. The molecule has 0 spiro atoms. The second-order valence-corrected chi connectivity index (χ2v) is 17.2. The minimum absolute atomic E-state index is 0.236. The van der Waals surface area contributed by atoms with E-state index in [0.717, 1.165) is 29.9 Å². The van der Waals surface area contributed by atoms with Crippen molar-refractivity contribution >= 4 is 60.4 Å². The summed E-state index contributed by atoms with van der Waals surface area (Å²) in [5.74, 6) is 0.343. The molecule has 2 aliphatic rings. The van der Waals surface area contributed by atoms with Crippen LogP contribution in [-0.4, -0.2) is 4.57 Å². The molecule has 12 rings (SSSR count). The third-order valence-corrected chi connectivity index (χ3v) is 13.4. The Labute approximate surface area is 374 Å². The van der Waals surface area contributed by atoms with Crippen LogP contribution >= 0.6 is 0 Å². The summed E-state index contributed by atoms with van der Waals surface area (Å²) < 4.78 is 2.59. The molecule has 304 valence electrons. The molecule has 2 heteroatoms. The van der Waals surface area contributed by atoms with Gasteiger partial charge in [0, 0.05) is 44.7 Å². The zero-order valence-electron chi connectivity index (χ0n) is 35.6. The van der Waals surface area contributed by atoms with Crippen LogP contribution in [0, 0.1) is 0 Å². The van der Waals surface area contributed by atoms with Crippen molar-refractivity contribution in [2.24, 2.45) is 0 Å². The fraction of sp³-hybridized carbons (Fsp3) is 0.0645. The van der Waals surface area contributed by atoms with Crippen molar-refractivity contribution in [3.05, 3.63) is 248 Å². The predicted molar refractivity (Wildman–Crippen MR) is 273 cm³/mol. The molecule has 2 nitrogen and oxygen atoms in total. The molecular formula is C62H46N2.